The number of hydrazone groups is 1. The Hall–Kier alpha value is -2.35. The molecule has 0 bridgehead atoms. The number of nitrogens with one attached hydrogen (secondary N) is 2. The zero-order chi connectivity index (χ0) is 18.5. The second kappa shape index (κ2) is 12.1. The SMILES string of the molecule is CSCCC(NC(=O)CC(=O)OCC=NNc1ccccc1)C(C)=O. The summed E-state index contributed by atoms with van der Waals surface area (Å²) in [5.74, 6) is -0.573. The lowest BCUT2D eigenvalue weighted by molar-refractivity contribution is -0.145. The number of Topliss-reactive ketones (excluding diaryl/α,β-unsaturated/α-hetero) is 1. The molecule has 1 atom stereocenters. The number of ketones is 1. The van der Waals surface area contributed by atoms with Gasteiger partial charge in [0.15, 0.2) is 5.78 Å². The molecule has 0 heterocycles. The number of benzene rings is 1. The molecule has 8 heteroatoms. The first-order valence-electron chi connectivity index (χ1n) is 7.80. The normalized spacial score (nSPS) is 11.8. The van der Waals surface area contributed by atoms with E-state index in [0.717, 1.165) is 11.4 Å². The summed E-state index contributed by atoms with van der Waals surface area (Å²) in [5, 5.41) is 6.45. The Morgan fingerprint density at radius 2 is 2.00 bits per heavy atom. The standard InChI is InChI=1S/C17H23N3O4S/c1-13(21)15(8-11-25-2)19-16(22)12-17(23)24-10-9-18-20-14-6-4-3-5-7-14/h3-7,9,15,20H,8,10-12H2,1-2H3,(H,19,22). The highest BCUT2D eigenvalue weighted by Gasteiger charge is 2.18. The van der Waals surface area contributed by atoms with Crippen LogP contribution in [0.3, 0.4) is 0 Å². The Labute approximate surface area is 151 Å². The lowest BCUT2D eigenvalue weighted by Crippen LogP contribution is -2.41. The van der Waals surface area contributed by atoms with Gasteiger partial charge in [-0.05, 0) is 37.5 Å². The second-order valence-electron chi connectivity index (χ2n) is 5.16. The molecule has 2 N–H and O–H groups in total. The average Bonchev–Trinajstić information content (AvgIpc) is 2.58. The molecular weight excluding hydrogens is 342 g/mol. The number of carbonyl (C=O) groups excluding carboxylic acids is 3. The van der Waals surface area contributed by atoms with Crippen LogP contribution in [0.2, 0.25) is 0 Å². The van der Waals surface area contributed by atoms with Gasteiger partial charge in [0, 0.05) is 0 Å². The third-order valence-corrected chi connectivity index (χ3v) is 3.76. The number of nitrogens with zero attached hydrogens (tertiary/aromatic N) is 1. The molecule has 0 aliphatic rings. The van der Waals surface area contributed by atoms with Gasteiger partial charge < -0.3 is 10.1 Å². The minimum Gasteiger partial charge on any atom is -0.459 e. The molecule has 0 aliphatic carbocycles. The number of ether oxygens (including phenoxy) is 1. The van der Waals surface area contributed by atoms with Crippen LogP contribution in [0, 0.1) is 0 Å². The number of hydrogen-bond acceptors (Lipinski definition) is 7. The van der Waals surface area contributed by atoms with Gasteiger partial charge in [-0.1, -0.05) is 18.2 Å². The van der Waals surface area contributed by atoms with Gasteiger partial charge in [0.05, 0.1) is 17.9 Å². The summed E-state index contributed by atoms with van der Waals surface area (Å²) in [7, 11) is 0. The van der Waals surface area contributed by atoms with Gasteiger partial charge in [-0.15, -0.1) is 0 Å². The fourth-order valence-corrected chi connectivity index (χ4v) is 2.31. The molecule has 1 rings (SSSR count). The minimum atomic E-state index is -0.671. The summed E-state index contributed by atoms with van der Waals surface area (Å²) in [6.45, 7) is 1.37. The topological polar surface area (TPSA) is 96.9 Å². The van der Waals surface area contributed by atoms with Crippen LogP contribution >= 0.6 is 11.8 Å². The number of esters is 1. The van der Waals surface area contributed by atoms with Gasteiger partial charge in [-0.2, -0.15) is 16.9 Å². The first-order valence-corrected chi connectivity index (χ1v) is 9.19. The van der Waals surface area contributed by atoms with Crippen molar-refractivity contribution in [2.24, 2.45) is 5.10 Å². The lowest BCUT2D eigenvalue weighted by Gasteiger charge is -2.14. The predicted octanol–water partition coefficient (Wildman–Crippen LogP) is 1.84. The highest BCUT2D eigenvalue weighted by molar-refractivity contribution is 7.98. The monoisotopic (exact) mass is 365 g/mol. The van der Waals surface area contributed by atoms with E-state index in [1.54, 1.807) is 11.8 Å². The molecule has 0 radical (unpaired) electrons. The van der Waals surface area contributed by atoms with Crippen molar-refractivity contribution >= 4 is 41.3 Å². The number of hydrogen-bond donors (Lipinski definition) is 2. The van der Waals surface area contributed by atoms with E-state index in [-0.39, 0.29) is 12.4 Å². The van der Waals surface area contributed by atoms with Crippen LogP contribution in [0.15, 0.2) is 35.4 Å². The van der Waals surface area contributed by atoms with Gasteiger partial charge in [0.25, 0.3) is 0 Å². The van der Waals surface area contributed by atoms with Crippen molar-refractivity contribution in [1.29, 1.82) is 0 Å². The van der Waals surface area contributed by atoms with E-state index < -0.39 is 24.3 Å². The maximum Gasteiger partial charge on any atom is 0.315 e. The van der Waals surface area contributed by atoms with Gasteiger partial charge in [0.1, 0.15) is 13.0 Å². The summed E-state index contributed by atoms with van der Waals surface area (Å²) < 4.78 is 4.90. The van der Waals surface area contributed by atoms with Crippen LogP contribution in [-0.2, 0) is 19.1 Å². The highest BCUT2D eigenvalue weighted by atomic mass is 32.2. The smallest absolute Gasteiger partial charge is 0.315 e. The highest BCUT2D eigenvalue weighted by Crippen LogP contribution is 2.04. The number of para-hydroxylation sites is 1. The predicted molar refractivity (Wildman–Crippen MR) is 99.7 cm³/mol. The molecule has 0 saturated heterocycles. The fraction of sp³-hybridized carbons (Fsp3) is 0.412. The number of rotatable bonds is 11. The van der Waals surface area contributed by atoms with E-state index in [1.807, 2.05) is 36.6 Å². The van der Waals surface area contributed by atoms with E-state index in [2.05, 4.69) is 15.8 Å². The number of anilines is 1. The molecule has 1 aromatic carbocycles. The molecule has 7 nitrogen and oxygen atoms in total. The second-order valence-corrected chi connectivity index (χ2v) is 6.15. The van der Waals surface area contributed by atoms with Crippen molar-refractivity contribution in [3.05, 3.63) is 30.3 Å². The van der Waals surface area contributed by atoms with Crippen LogP contribution in [-0.4, -0.2) is 48.5 Å². The summed E-state index contributed by atoms with van der Waals surface area (Å²) in [6.07, 6.45) is 3.42. The molecule has 0 fully saturated rings. The van der Waals surface area contributed by atoms with Crippen LogP contribution in [0.1, 0.15) is 19.8 Å². The molecular formula is C17H23N3O4S. The Bertz CT molecular complexity index is 593. The first-order chi connectivity index (χ1) is 12.0. The van der Waals surface area contributed by atoms with Crippen molar-refractivity contribution in [2.45, 2.75) is 25.8 Å². The zero-order valence-electron chi connectivity index (χ0n) is 14.4. The maximum atomic E-state index is 11.8. The maximum absolute atomic E-state index is 11.8. The summed E-state index contributed by atoms with van der Waals surface area (Å²) in [6, 6.07) is 8.74. The Morgan fingerprint density at radius 1 is 1.28 bits per heavy atom. The minimum absolute atomic E-state index is 0.0471. The number of thioether (sulfide) groups is 1. The molecule has 0 aliphatic heterocycles. The van der Waals surface area contributed by atoms with Crippen molar-refractivity contribution in [3.63, 3.8) is 0 Å². The fourth-order valence-electron chi connectivity index (χ4n) is 1.84. The first kappa shape index (κ1) is 20.7. The average molecular weight is 365 g/mol. The van der Waals surface area contributed by atoms with Gasteiger partial charge in [-0.3, -0.25) is 19.8 Å². The van der Waals surface area contributed by atoms with E-state index in [9.17, 15) is 14.4 Å². The van der Waals surface area contributed by atoms with Gasteiger partial charge in [0.2, 0.25) is 5.91 Å². The van der Waals surface area contributed by atoms with Gasteiger partial charge in [-0.25, -0.2) is 0 Å². The van der Waals surface area contributed by atoms with Crippen molar-refractivity contribution in [3.8, 4) is 0 Å². The van der Waals surface area contributed by atoms with Crippen LogP contribution < -0.4 is 10.7 Å². The molecule has 1 aromatic rings. The zero-order valence-corrected chi connectivity index (χ0v) is 15.2. The van der Waals surface area contributed by atoms with Crippen molar-refractivity contribution in [1.82, 2.24) is 5.32 Å². The van der Waals surface area contributed by atoms with Crippen LogP contribution in [0.5, 0.6) is 0 Å². The molecule has 136 valence electrons. The van der Waals surface area contributed by atoms with Gasteiger partial charge >= 0.3 is 5.97 Å². The third kappa shape index (κ3) is 9.51. The summed E-state index contributed by atoms with van der Waals surface area (Å²) >= 11 is 1.59. The third-order valence-electron chi connectivity index (χ3n) is 3.12. The van der Waals surface area contributed by atoms with Crippen LogP contribution in [0.4, 0.5) is 5.69 Å². The van der Waals surface area contributed by atoms with Crippen molar-refractivity contribution in [2.75, 3.05) is 24.0 Å². The molecule has 0 spiro atoms. The molecule has 25 heavy (non-hydrogen) atoms. The molecule has 1 amide bonds. The Kier molecular flexibility index (Phi) is 10.00. The molecule has 0 saturated carbocycles. The number of amides is 1. The lowest BCUT2D eigenvalue weighted by atomic mass is 10.1. The quantitative estimate of drug-likeness (QED) is 0.269. The Balaban J connectivity index is 2.26. The largest absolute Gasteiger partial charge is 0.459 e. The van der Waals surface area contributed by atoms with E-state index in [1.165, 1.54) is 13.1 Å². The Morgan fingerprint density at radius 3 is 2.64 bits per heavy atom. The van der Waals surface area contributed by atoms with E-state index in [4.69, 9.17) is 4.74 Å². The number of carbonyl (C=O) groups is 3. The van der Waals surface area contributed by atoms with Crippen molar-refractivity contribution < 1.29 is 19.1 Å². The molecule has 0 aromatic heterocycles. The molecule has 1 unspecified atom stereocenters. The summed E-state index contributed by atoms with van der Waals surface area (Å²) in [4.78, 5) is 34.9. The van der Waals surface area contributed by atoms with Crippen LogP contribution in [0.25, 0.3) is 0 Å². The summed E-state index contributed by atoms with van der Waals surface area (Å²) in [5.41, 5.74) is 3.59. The van der Waals surface area contributed by atoms with E-state index >= 15 is 0 Å². The van der Waals surface area contributed by atoms with E-state index in [0.29, 0.717) is 6.42 Å².